The molecule has 1 unspecified atom stereocenters. The number of hydrazine groups is 1. The maximum Gasteiger partial charge on any atom is 0.411 e. The Hall–Kier alpha value is -0.820. The number of nitrogens with two attached hydrogens (primary N) is 1. The van der Waals surface area contributed by atoms with Gasteiger partial charge in [-0.2, -0.15) is 13.2 Å². The summed E-state index contributed by atoms with van der Waals surface area (Å²) in [4.78, 5) is 0. The second-order valence-corrected chi connectivity index (χ2v) is 4.16. The first-order chi connectivity index (χ1) is 8.42. The number of alkyl halides is 3. The van der Waals surface area contributed by atoms with Gasteiger partial charge in [0.2, 0.25) is 0 Å². The molecule has 0 saturated heterocycles. The molecule has 0 saturated carbocycles. The van der Waals surface area contributed by atoms with Crippen LogP contribution in [0.3, 0.4) is 0 Å². The highest BCUT2D eigenvalue weighted by Gasteiger charge is 2.27. The maximum absolute atomic E-state index is 11.8. The van der Waals surface area contributed by atoms with Crippen LogP contribution < -0.4 is 11.3 Å². The number of benzene rings is 1. The summed E-state index contributed by atoms with van der Waals surface area (Å²) in [6.45, 7) is -1.28. The number of hydrogen-bond donors (Lipinski definition) is 2. The van der Waals surface area contributed by atoms with Crippen molar-refractivity contribution in [1.82, 2.24) is 5.43 Å². The van der Waals surface area contributed by atoms with Crippen molar-refractivity contribution in [2.24, 2.45) is 5.84 Å². The molecular formula is C11H14ClF3N2O. The van der Waals surface area contributed by atoms with Crippen molar-refractivity contribution in [3.8, 4) is 0 Å². The lowest BCUT2D eigenvalue weighted by molar-refractivity contribution is -0.174. The quantitative estimate of drug-likeness (QED) is 0.479. The minimum atomic E-state index is -4.30. The van der Waals surface area contributed by atoms with Crippen LogP contribution in [0.2, 0.25) is 5.02 Å². The molecule has 102 valence electrons. The third-order valence-corrected chi connectivity index (χ3v) is 2.54. The van der Waals surface area contributed by atoms with Crippen LogP contribution in [0, 0.1) is 0 Å². The zero-order valence-electron chi connectivity index (χ0n) is 9.51. The number of halogens is 4. The molecule has 0 spiro atoms. The number of hydrogen-bond acceptors (Lipinski definition) is 3. The van der Waals surface area contributed by atoms with Gasteiger partial charge < -0.3 is 4.74 Å². The Morgan fingerprint density at radius 1 is 1.28 bits per heavy atom. The Morgan fingerprint density at radius 2 is 1.89 bits per heavy atom. The van der Waals surface area contributed by atoms with Gasteiger partial charge in [0.05, 0.1) is 0 Å². The number of nitrogens with one attached hydrogen (secondary N) is 1. The molecule has 0 aliphatic heterocycles. The predicted octanol–water partition coefficient (Wildman–Crippen LogP) is 2.81. The summed E-state index contributed by atoms with van der Waals surface area (Å²) >= 11 is 5.74. The molecule has 0 aliphatic rings. The molecule has 1 aromatic rings. The first-order valence-corrected chi connectivity index (χ1v) is 5.66. The first kappa shape index (κ1) is 15.2. The summed E-state index contributed by atoms with van der Waals surface area (Å²) in [5, 5.41) is 0.586. The van der Waals surface area contributed by atoms with Gasteiger partial charge in [-0.05, 0) is 24.1 Å². The van der Waals surface area contributed by atoms with Crippen molar-refractivity contribution in [2.75, 3.05) is 13.2 Å². The Labute approximate surface area is 108 Å². The van der Waals surface area contributed by atoms with Crippen LogP contribution in [0.25, 0.3) is 0 Å². The van der Waals surface area contributed by atoms with Crippen LogP contribution in [0.5, 0.6) is 0 Å². The summed E-state index contributed by atoms with van der Waals surface area (Å²) < 4.78 is 40.1. The van der Waals surface area contributed by atoms with E-state index in [1.165, 1.54) is 0 Å². The molecule has 1 atom stereocenters. The fourth-order valence-corrected chi connectivity index (χ4v) is 1.56. The predicted molar refractivity (Wildman–Crippen MR) is 63.0 cm³/mol. The Morgan fingerprint density at radius 3 is 2.39 bits per heavy atom. The topological polar surface area (TPSA) is 47.3 Å². The lowest BCUT2D eigenvalue weighted by Gasteiger charge is -2.16. The molecule has 3 N–H and O–H groups in total. The van der Waals surface area contributed by atoms with Crippen molar-refractivity contribution >= 4 is 11.6 Å². The molecule has 0 heterocycles. The Balaban J connectivity index is 2.40. The molecule has 18 heavy (non-hydrogen) atoms. The van der Waals surface area contributed by atoms with Crippen LogP contribution in [-0.4, -0.2) is 19.4 Å². The second-order valence-electron chi connectivity index (χ2n) is 3.73. The monoisotopic (exact) mass is 282 g/mol. The molecular weight excluding hydrogens is 269 g/mol. The van der Waals surface area contributed by atoms with Crippen molar-refractivity contribution in [1.29, 1.82) is 0 Å². The van der Waals surface area contributed by atoms with Gasteiger partial charge in [-0.25, -0.2) is 0 Å². The van der Waals surface area contributed by atoms with Gasteiger partial charge >= 0.3 is 6.18 Å². The van der Waals surface area contributed by atoms with Gasteiger partial charge in [-0.3, -0.25) is 11.3 Å². The zero-order valence-corrected chi connectivity index (χ0v) is 10.3. The van der Waals surface area contributed by atoms with Crippen molar-refractivity contribution in [2.45, 2.75) is 18.6 Å². The van der Waals surface area contributed by atoms with Crippen molar-refractivity contribution < 1.29 is 17.9 Å². The van der Waals surface area contributed by atoms with Crippen LogP contribution >= 0.6 is 11.6 Å². The van der Waals surface area contributed by atoms with Gasteiger partial charge in [0.1, 0.15) is 6.61 Å². The molecule has 0 fully saturated rings. The lowest BCUT2D eigenvalue weighted by atomic mass is 10.1. The standard InChI is InChI=1S/C11H14ClF3N2O/c12-9-3-1-8(2-4-9)10(17-16)5-6-18-7-11(13,14)15/h1-4,10,17H,5-7,16H2. The van der Waals surface area contributed by atoms with E-state index in [1.54, 1.807) is 24.3 Å². The van der Waals surface area contributed by atoms with Crippen molar-refractivity contribution in [3.05, 3.63) is 34.9 Å². The zero-order chi connectivity index (χ0) is 13.6. The van der Waals surface area contributed by atoms with Crippen LogP contribution in [0.4, 0.5) is 13.2 Å². The molecule has 0 aromatic heterocycles. The fraction of sp³-hybridized carbons (Fsp3) is 0.455. The van der Waals surface area contributed by atoms with E-state index in [0.717, 1.165) is 5.56 Å². The molecule has 0 aliphatic carbocycles. The summed E-state index contributed by atoms with van der Waals surface area (Å²) in [5.74, 6) is 5.35. The van der Waals surface area contributed by atoms with E-state index in [-0.39, 0.29) is 12.6 Å². The maximum atomic E-state index is 11.8. The molecule has 1 aromatic carbocycles. The largest absolute Gasteiger partial charge is 0.411 e. The van der Waals surface area contributed by atoms with E-state index in [0.29, 0.717) is 11.4 Å². The van der Waals surface area contributed by atoms with E-state index in [1.807, 2.05) is 0 Å². The average molecular weight is 283 g/mol. The van der Waals surface area contributed by atoms with E-state index in [2.05, 4.69) is 10.2 Å². The second kappa shape index (κ2) is 6.94. The molecule has 7 heteroatoms. The highest BCUT2D eigenvalue weighted by atomic mass is 35.5. The molecule has 0 radical (unpaired) electrons. The van der Waals surface area contributed by atoms with Gasteiger partial charge in [0.25, 0.3) is 0 Å². The summed E-state index contributed by atoms with van der Waals surface area (Å²) in [6, 6.07) is 6.64. The highest BCUT2D eigenvalue weighted by molar-refractivity contribution is 6.30. The molecule has 1 rings (SSSR count). The third kappa shape index (κ3) is 5.68. The van der Waals surface area contributed by atoms with Gasteiger partial charge in [-0.1, -0.05) is 23.7 Å². The smallest absolute Gasteiger partial charge is 0.372 e. The van der Waals surface area contributed by atoms with E-state index in [9.17, 15) is 13.2 Å². The molecule has 0 amide bonds. The minimum absolute atomic E-state index is 0.0308. The third-order valence-electron chi connectivity index (χ3n) is 2.29. The number of ether oxygens (including phenoxy) is 1. The summed E-state index contributed by atoms with van der Waals surface area (Å²) in [7, 11) is 0. The van der Waals surface area contributed by atoms with E-state index >= 15 is 0 Å². The Bertz CT molecular complexity index is 356. The van der Waals surface area contributed by atoms with Crippen LogP contribution in [-0.2, 0) is 4.74 Å². The van der Waals surface area contributed by atoms with E-state index < -0.39 is 12.8 Å². The molecule has 3 nitrogen and oxygen atoms in total. The molecule has 0 bridgehead atoms. The van der Waals surface area contributed by atoms with Gasteiger partial charge in [0, 0.05) is 17.7 Å². The SMILES string of the molecule is NNC(CCOCC(F)(F)F)c1ccc(Cl)cc1. The van der Waals surface area contributed by atoms with Gasteiger partial charge in [0.15, 0.2) is 0 Å². The fourth-order valence-electron chi connectivity index (χ4n) is 1.43. The van der Waals surface area contributed by atoms with Crippen molar-refractivity contribution in [3.63, 3.8) is 0 Å². The average Bonchev–Trinajstić information content (AvgIpc) is 2.29. The Kier molecular flexibility index (Phi) is 5.87. The summed E-state index contributed by atoms with van der Waals surface area (Å²) in [6.07, 6.45) is -3.96. The van der Waals surface area contributed by atoms with Crippen LogP contribution in [0.15, 0.2) is 24.3 Å². The number of rotatable bonds is 6. The van der Waals surface area contributed by atoms with Crippen LogP contribution in [0.1, 0.15) is 18.0 Å². The normalized spacial score (nSPS) is 13.6. The lowest BCUT2D eigenvalue weighted by Crippen LogP contribution is -2.29. The first-order valence-electron chi connectivity index (χ1n) is 5.28. The summed E-state index contributed by atoms with van der Waals surface area (Å²) in [5.41, 5.74) is 3.38. The van der Waals surface area contributed by atoms with E-state index in [4.69, 9.17) is 17.4 Å². The van der Waals surface area contributed by atoms with Gasteiger partial charge in [-0.15, -0.1) is 0 Å². The highest BCUT2D eigenvalue weighted by Crippen LogP contribution is 2.19. The minimum Gasteiger partial charge on any atom is -0.372 e.